The van der Waals surface area contributed by atoms with Crippen LogP contribution in [0.5, 0.6) is 0 Å². The molecule has 76 valence electrons. The Bertz CT molecular complexity index is 335. The summed E-state index contributed by atoms with van der Waals surface area (Å²) in [4.78, 5) is 11.0. The lowest BCUT2D eigenvalue weighted by Gasteiger charge is -2.07. The van der Waals surface area contributed by atoms with Crippen LogP contribution in [0.4, 0.5) is 0 Å². The van der Waals surface area contributed by atoms with Crippen LogP contribution in [-0.4, -0.2) is 17.0 Å². The van der Waals surface area contributed by atoms with Gasteiger partial charge in [0.25, 0.3) is 0 Å². The van der Waals surface area contributed by atoms with E-state index in [4.69, 9.17) is 0 Å². The lowest BCUT2D eigenvalue weighted by molar-refractivity contribution is -0.119. The molecule has 1 aliphatic rings. The molecule has 1 saturated heterocycles. The van der Waals surface area contributed by atoms with Gasteiger partial charge in [-0.2, -0.15) is 0 Å². The van der Waals surface area contributed by atoms with Crippen LogP contribution in [-0.2, 0) is 11.3 Å². The topological polar surface area (TPSA) is 34.0 Å². The van der Waals surface area contributed by atoms with E-state index in [1.807, 2.05) is 0 Å². The normalized spacial score (nSPS) is 21.3. The SMILES string of the molecule is Cc1cn(CC2CNC(=O)C2)cc1C. The number of aryl methyl sites for hydroxylation is 2. The van der Waals surface area contributed by atoms with Crippen molar-refractivity contribution in [3.63, 3.8) is 0 Å². The van der Waals surface area contributed by atoms with Crippen LogP contribution in [0, 0.1) is 19.8 Å². The lowest BCUT2D eigenvalue weighted by atomic mass is 10.1. The van der Waals surface area contributed by atoms with Crippen molar-refractivity contribution in [3.8, 4) is 0 Å². The highest BCUT2D eigenvalue weighted by atomic mass is 16.1. The van der Waals surface area contributed by atoms with Gasteiger partial charge >= 0.3 is 0 Å². The van der Waals surface area contributed by atoms with E-state index in [1.165, 1.54) is 11.1 Å². The molecular weight excluding hydrogens is 176 g/mol. The third-order valence-corrected chi connectivity index (χ3v) is 2.87. The summed E-state index contributed by atoms with van der Waals surface area (Å²) < 4.78 is 2.19. The van der Waals surface area contributed by atoms with E-state index in [0.29, 0.717) is 12.3 Å². The second-order valence-corrected chi connectivity index (χ2v) is 4.20. The smallest absolute Gasteiger partial charge is 0.220 e. The van der Waals surface area contributed by atoms with Gasteiger partial charge in [-0.3, -0.25) is 4.79 Å². The van der Waals surface area contributed by atoms with Gasteiger partial charge in [0, 0.05) is 37.8 Å². The molecule has 1 aromatic rings. The minimum Gasteiger partial charge on any atom is -0.356 e. The Balaban J connectivity index is 2.00. The van der Waals surface area contributed by atoms with Crippen molar-refractivity contribution in [3.05, 3.63) is 23.5 Å². The number of carbonyl (C=O) groups is 1. The van der Waals surface area contributed by atoms with Crippen molar-refractivity contribution in [2.45, 2.75) is 26.8 Å². The maximum atomic E-state index is 11.0. The Morgan fingerprint density at radius 1 is 1.43 bits per heavy atom. The van der Waals surface area contributed by atoms with E-state index in [9.17, 15) is 4.79 Å². The number of hydrogen-bond donors (Lipinski definition) is 1. The molecule has 0 saturated carbocycles. The van der Waals surface area contributed by atoms with E-state index >= 15 is 0 Å². The number of rotatable bonds is 2. The average molecular weight is 192 g/mol. The second-order valence-electron chi connectivity index (χ2n) is 4.20. The lowest BCUT2D eigenvalue weighted by Crippen LogP contribution is -2.15. The van der Waals surface area contributed by atoms with Gasteiger partial charge in [-0.05, 0) is 25.0 Å². The van der Waals surface area contributed by atoms with E-state index < -0.39 is 0 Å². The predicted molar refractivity (Wildman–Crippen MR) is 55.0 cm³/mol. The Hall–Kier alpha value is -1.25. The fourth-order valence-corrected chi connectivity index (χ4v) is 1.94. The van der Waals surface area contributed by atoms with Crippen LogP contribution in [0.3, 0.4) is 0 Å². The molecule has 1 atom stereocenters. The van der Waals surface area contributed by atoms with Gasteiger partial charge in [-0.15, -0.1) is 0 Å². The summed E-state index contributed by atoms with van der Waals surface area (Å²) in [6, 6.07) is 0. The Kier molecular flexibility index (Phi) is 2.32. The fraction of sp³-hybridized carbons (Fsp3) is 0.545. The highest BCUT2D eigenvalue weighted by molar-refractivity contribution is 5.78. The molecule has 0 spiro atoms. The third kappa shape index (κ3) is 1.81. The van der Waals surface area contributed by atoms with Crippen molar-refractivity contribution in [1.82, 2.24) is 9.88 Å². The number of hydrogen-bond acceptors (Lipinski definition) is 1. The fourth-order valence-electron chi connectivity index (χ4n) is 1.94. The molecule has 1 unspecified atom stereocenters. The van der Waals surface area contributed by atoms with Crippen LogP contribution in [0.1, 0.15) is 17.5 Å². The first-order chi connectivity index (χ1) is 6.65. The molecule has 1 N–H and O–H groups in total. The minimum absolute atomic E-state index is 0.190. The van der Waals surface area contributed by atoms with Gasteiger partial charge in [-0.1, -0.05) is 0 Å². The first kappa shape index (κ1) is 9.31. The summed E-state index contributed by atoms with van der Waals surface area (Å²) in [5.41, 5.74) is 2.64. The van der Waals surface area contributed by atoms with Crippen LogP contribution < -0.4 is 5.32 Å². The van der Waals surface area contributed by atoms with Crippen molar-refractivity contribution >= 4 is 5.91 Å². The van der Waals surface area contributed by atoms with Crippen LogP contribution in [0.25, 0.3) is 0 Å². The molecule has 0 radical (unpaired) electrons. The minimum atomic E-state index is 0.190. The standard InChI is InChI=1S/C11H16N2O/c1-8-5-13(6-9(8)2)7-10-3-11(14)12-4-10/h5-6,10H,3-4,7H2,1-2H3,(H,12,14). The van der Waals surface area contributed by atoms with Gasteiger partial charge in [-0.25, -0.2) is 0 Å². The summed E-state index contributed by atoms with van der Waals surface area (Å²) in [6.45, 7) is 6.01. The van der Waals surface area contributed by atoms with Crippen molar-refractivity contribution < 1.29 is 4.79 Å². The second kappa shape index (κ2) is 3.48. The number of nitrogens with one attached hydrogen (secondary N) is 1. The summed E-state index contributed by atoms with van der Waals surface area (Å²) in [7, 11) is 0. The molecule has 3 heteroatoms. The first-order valence-electron chi connectivity index (χ1n) is 5.05. The van der Waals surface area contributed by atoms with Gasteiger partial charge in [0.2, 0.25) is 5.91 Å². The van der Waals surface area contributed by atoms with Crippen molar-refractivity contribution in [1.29, 1.82) is 0 Å². The van der Waals surface area contributed by atoms with Crippen LogP contribution in [0.15, 0.2) is 12.4 Å². The van der Waals surface area contributed by atoms with Gasteiger partial charge in [0.05, 0.1) is 0 Å². The van der Waals surface area contributed by atoms with Gasteiger partial charge in [0.15, 0.2) is 0 Å². The molecule has 0 bridgehead atoms. The quantitative estimate of drug-likeness (QED) is 0.751. The number of carbonyl (C=O) groups excluding carboxylic acids is 1. The predicted octanol–water partition coefficient (Wildman–Crippen LogP) is 1.24. The first-order valence-corrected chi connectivity index (χ1v) is 5.05. The Morgan fingerprint density at radius 3 is 2.57 bits per heavy atom. The molecular formula is C11H16N2O. The summed E-state index contributed by atoms with van der Waals surface area (Å²) >= 11 is 0. The number of amides is 1. The van der Waals surface area contributed by atoms with Crippen LogP contribution >= 0.6 is 0 Å². The zero-order valence-electron chi connectivity index (χ0n) is 8.71. The Morgan fingerprint density at radius 2 is 2.07 bits per heavy atom. The number of aromatic nitrogens is 1. The van der Waals surface area contributed by atoms with Crippen molar-refractivity contribution in [2.75, 3.05) is 6.54 Å². The highest BCUT2D eigenvalue weighted by Gasteiger charge is 2.21. The molecule has 14 heavy (non-hydrogen) atoms. The third-order valence-electron chi connectivity index (χ3n) is 2.87. The molecule has 1 aromatic heterocycles. The zero-order valence-corrected chi connectivity index (χ0v) is 8.71. The maximum Gasteiger partial charge on any atom is 0.220 e. The monoisotopic (exact) mass is 192 g/mol. The molecule has 1 fully saturated rings. The molecule has 0 aliphatic carbocycles. The molecule has 1 amide bonds. The molecule has 2 rings (SSSR count). The highest BCUT2D eigenvalue weighted by Crippen LogP contribution is 2.14. The zero-order chi connectivity index (χ0) is 10.1. The average Bonchev–Trinajstić information content (AvgIpc) is 2.62. The molecule has 2 heterocycles. The van der Waals surface area contributed by atoms with Crippen LogP contribution in [0.2, 0.25) is 0 Å². The molecule has 3 nitrogen and oxygen atoms in total. The van der Waals surface area contributed by atoms with E-state index in [2.05, 4.69) is 36.1 Å². The summed E-state index contributed by atoms with van der Waals surface area (Å²) in [6.07, 6.45) is 4.98. The number of nitrogens with zero attached hydrogens (tertiary/aromatic N) is 1. The van der Waals surface area contributed by atoms with E-state index in [0.717, 1.165) is 13.1 Å². The van der Waals surface area contributed by atoms with Gasteiger partial charge < -0.3 is 9.88 Å². The maximum absolute atomic E-state index is 11.0. The summed E-state index contributed by atoms with van der Waals surface area (Å²) in [5.74, 6) is 0.657. The van der Waals surface area contributed by atoms with Crippen molar-refractivity contribution in [2.24, 2.45) is 5.92 Å². The van der Waals surface area contributed by atoms with E-state index in [1.54, 1.807) is 0 Å². The van der Waals surface area contributed by atoms with E-state index in [-0.39, 0.29) is 5.91 Å². The van der Waals surface area contributed by atoms with Gasteiger partial charge in [0.1, 0.15) is 0 Å². The summed E-state index contributed by atoms with van der Waals surface area (Å²) in [5, 5.41) is 2.86. The Labute approximate surface area is 84.1 Å². The molecule has 0 aromatic carbocycles. The largest absolute Gasteiger partial charge is 0.356 e. The molecule has 1 aliphatic heterocycles.